The standard InChI is InChI=1S/C24H26OSi2/c1-26(2,3)25-27(4,23-17-9-13-19-11-5-7-15-21(19)23)24-18-10-14-20-12-6-8-16-22(20)24/h5-18H,1-4H3. The summed E-state index contributed by atoms with van der Waals surface area (Å²) in [6.07, 6.45) is 0. The van der Waals surface area contributed by atoms with Crippen molar-refractivity contribution in [1.82, 2.24) is 0 Å². The SMILES string of the molecule is C[Si](C)(C)O[Si](C)(c1cccc2ccccc12)c1cccc2ccccc12. The van der Waals surface area contributed by atoms with Crippen molar-refractivity contribution in [3.05, 3.63) is 84.9 Å². The summed E-state index contributed by atoms with van der Waals surface area (Å²) in [5.74, 6) is 0. The molecule has 0 aliphatic heterocycles. The molecular formula is C24H26OSi2. The number of benzene rings is 4. The summed E-state index contributed by atoms with van der Waals surface area (Å²) in [6.45, 7) is 9.28. The molecule has 3 heteroatoms. The summed E-state index contributed by atoms with van der Waals surface area (Å²) in [6, 6.07) is 30.7. The third-order valence-corrected chi connectivity index (χ3v) is 12.1. The summed E-state index contributed by atoms with van der Waals surface area (Å²) in [4.78, 5) is 0. The molecule has 4 aromatic carbocycles. The molecule has 0 aromatic heterocycles. The molecule has 0 bridgehead atoms. The molecule has 0 fully saturated rings. The molecule has 4 aromatic rings. The highest BCUT2D eigenvalue weighted by Gasteiger charge is 2.40. The van der Waals surface area contributed by atoms with Gasteiger partial charge in [0.05, 0.1) is 0 Å². The van der Waals surface area contributed by atoms with Gasteiger partial charge in [-0.05, 0) is 58.1 Å². The fourth-order valence-electron chi connectivity index (χ4n) is 4.15. The summed E-state index contributed by atoms with van der Waals surface area (Å²) >= 11 is 0. The van der Waals surface area contributed by atoms with E-state index in [1.165, 1.54) is 31.9 Å². The minimum absolute atomic E-state index is 1.29. The van der Waals surface area contributed by atoms with Crippen LogP contribution in [0.4, 0.5) is 0 Å². The average molecular weight is 387 g/mol. The quantitative estimate of drug-likeness (QED) is 0.419. The van der Waals surface area contributed by atoms with Crippen LogP contribution < -0.4 is 10.4 Å². The van der Waals surface area contributed by atoms with E-state index in [1.807, 2.05) is 0 Å². The van der Waals surface area contributed by atoms with Crippen LogP contribution in [-0.2, 0) is 4.12 Å². The molecule has 0 spiro atoms. The normalized spacial score (nSPS) is 12.6. The Morgan fingerprint density at radius 2 is 0.926 bits per heavy atom. The molecule has 27 heavy (non-hydrogen) atoms. The van der Waals surface area contributed by atoms with Crippen LogP contribution in [-0.4, -0.2) is 16.6 Å². The lowest BCUT2D eigenvalue weighted by molar-refractivity contribution is 0.573. The van der Waals surface area contributed by atoms with Crippen molar-refractivity contribution in [2.75, 3.05) is 0 Å². The summed E-state index contributed by atoms with van der Waals surface area (Å²) in [5.41, 5.74) is 0. The summed E-state index contributed by atoms with van der Waals surface area (Å²) in [5, 5.41) is 7.96. The molecule has 0 radical (unpaired) electrons. The van der Waals surface area contributed by atoms with Crippen molar-refractivity contribution in [2.24, 2.45) is 0 Å². The van der Waals surface area contributed by atoms with E-state index in [2.05, 4.69) is 111 Å². The molecule has 0 N–H and O–H groups in total. The second-order valence-electron chi connectivity index (χ2n) is 8.30. The Morgan fingerprint density at radius 1 is 0.519 bits per heavy atom. The van der Waals surface area contributed by atoms with Gasteiger partial charge >= 0.3 is 0 Å². The third kappa shape index (κ3) is 3.38. The first kappa shape index (κ1) is 18.2. The Labute approximate surface area is 163 Å². The number of hydrogen-bond acceptors (Lipinski definition) is 1. The maximum absolute atomic E-state index is 7.09. The average Bonchev–Trinajstić information content (AvgIpc) is 2.65. The zero-order valence-electron chi connectivity index (χ0n) is 16.5. The highest BCUT2D eigenvalue weighted by molar-refractivity contribution is 7.03. The van der Waals surface area contributed by atoms with Crippen molar-refractivity contribution in [1.29, 1.82) is 0 Å². The first-order valence-electron chi connectivity index (χ1n) is 9.55. The molecule has 0 aliphatic rings. The van der Waals surface area contributed by atoms with Gasteiger partial charge in [-0.15, -0.1) is 0 Å². The Bertz CT molecular complexity index is 1020. The zero-order chi connectivity index (χ0) is 19.1. The van der Waals surface area contributed by atoms with Crippen LogP contribution in [0.5, 0.6) is 0 Å². The molecule has 1 nitrogen and oxygen atoms in total. The maximum Gasteiger partial charge on any atom is 0.243 e. The van der Waals surface area contributed by atoms with Crippen molar-refractivity contribution in [3.63, 3.8) is 0 Å². The molecule has 0 saturated carbocycles. The summed E-state index contributed by atoms with van der Waals surface area (Å²) < 4.78 is 7.09. The molecule has 0 aliphatic carbocycles. The Morgan fingerprint density at radius 3 is 1.37 bits per heavy atom. The minimum atomic E-state index is -2.40. The monoisotopic (exact) mass is 386 g/mol. The fourth-order valence-corrected chi connectivity index (χ4v) is 12.5. The molecular weight excluding hydrogens is 360 g/mol. The van der Waals surface area contributed by atoms with Gasteiger partial charge in [-0.2, -0.15) is 0 Å². The Balaban J connectivity index is 2.06. The predicted octanol–water partition coefficient (Wildman–Crippen LogP) is 5.53. The van der Waals surface area contributed by atoms with Gasteiger partial charge in [0.25, 0.3) is 0 Å². The van der Waals surface area contributed by atoms with Crippen LogP contribution in [0.1, 0.15) is 0 Å². The van der Waals surface area contributed by atoms with E-state index < -0.39 is 16.6 Å². The van der Waals surface area contributed by atoms with Gasteiger partial charge in [0.2, 0.25) is 8.32 Å². The topological polar surface area (TPSA) is 9.23 Å². The van der Waals surface area contributed by atoms with Crippen molar-refractivity contribution >= 4 is 48.6 Å². The lowest BCUT2D eigenvalue weighted by atomic mass is 10.1. The molecule has 0 amide bonds. The van der Waals surface area contributed by atoms with E-state index in [4.69, 9.17) is 4.12 Å². The second-order valence-corrected chi connectivity index (χ2v) is 16.5. The summed E-state index contributed by atoms with van der Waals surface area (Å²) in [7, 11) is -4.18. The zero-order valence-corrected chi connectivity index (χ0v) is 18.5. The number of hydrogen-bond donors (Lipinski definition) is 0. The molecule has 4 rings (SSSR count). The first-order chi connectivity index (χ1) is 12.9. The lowest BCUT2D eigenvalue weighted by Crippen LogP contribution is -2.62. The van der Waals surface area contributed by atoms with Crippen LogP contribution in [0.3, 0.4) is 0 Å². The van der Waals surface area contributed by atoms with Crippen molar-refractivity contribution < 1.29 is 4.12 Å². The lowest BCUT2D eigenvalue weighted by Gasteiger charge is -2.36. The first-order valence-corrected chi connectivity index (χ1v) is 15.4. The van der Waals surface area contributed by atoms with E-state index in [0.29, 0.717) is 0 Å². The highest BCUT2D eigenvalue weighted by atomic mass is 28.4. The number of rotatable bonds is 4. The molecule has 0 saturated heterocycles. The van der Waals surface area contributed by atoms with Gasteiger partial charge in [0.15, 0.2) is 8.32 Å². The largest absolute Gasteiger partial charge is 0.449 e. The van der Waals surface area contributed by atoms with E-state index in [1.54, 1.807) is 0 Å². The highest BCUT2D eigenvalue weighted by Crippen LogP contribution is 2.23. The third-order valence-electron chi connectivity index (χ3n) is 5.12. The minimum Gasteiger partial charge on any atom is -0.449 e. The maximum atomic E-state index is 7.09. The van der Waals surface area contributed by atoms with Crippen LogP contribution >= 0.6 is 0 Å². The van der Waals surface area contributed by atoms with E-state index in [-0.39, 0.29) is 0 Å². The smallest absolute Gasteiger partial charge is 0.243 e. The molecule has 0 atom stereocenters. The van der Waals surface area contributed by atoms with E-state index >= 15 is 0 Å². The predicted molar refractivity (Wildman–Crippen MR) is 123 cm³/mol. The van der Waals surface area contributed by atoms with Crippen molar-refractivity contribution in [2.45, 2.75) is 26.2 Å². The van der Waals surface area contributed by atoms with Gasteiger partial charge in [-0.1, -0.05) is 84.9 Å². The van der Waals surface area contributed by atoms with Gasteiger partial charge in [0, 0.05) is 0 Å². The van der Waals surface area contributed by atoms with Crippen molar-refractivity contribution in [3.8, 4) is 0 Å². The fraction of sp³-hybridized carbons (Fsp3) is 0.167. The molecule has 136 valence electrons. The van der Waals surface area contributed by atoms with Crippen LogP contribution in [0.25, 0.3) is 21.5 Å². The van der Waals surface area contributed by atoms with Gasteiger partial charge in [0.1, 0.15) is 0 Å². The Hall–Kier alpha value is -2.21. The molecule has 0 unspecified atom stereocenters. The number of fused-ring (bicyclic) bond motifs is 2. The second kappa shape index (κ2) is 6.75. The van der Waals surface area contributed by atoms with Gasteiger partial charge in [-0.25, -0.2) is 0 Å². The van der Waals surface area contributed by atoms with Crippen LogP contribution in [0, 0.1) is 0 Å². The van der Waals surface area contributed by atoms with E-state index in [9.17, 15) is 0 Å². The van der Waals surface area contributed by atoms with Crippen LogP contribution in [0.15, 0.2) is 84.9 Å². The van der Waals surface area contributed by atoms with Gasteiger partial charge in [-0.3, -0.25) is 0 Å². The van der Waals surface area contributed by atoms with Crippen LogP contribution in [0.2, 0.25) is 26.2 Å². The van der Waals surface area contributed by atoms with E-state index in [0.717, 1.165) is 0 Å². The van der Waals surface area contributed by atoms with Gasteiger partial charge < -0.3 is 4.12 Å². The Kier molecular flexibility index (Phi) is 4.54. The molecule has 0 heterocycles.